The first-order valence-corrected chi connectivity index (χ1v) is 7.93. The van der Waals surface area contributed by atoms with Crippen LogP contribution in [0.3, 0.4) is 0 Å². The van der Waals surface area contributed by atoms with Gasteiger partial charge in [0.25, 0.3) is 0 Å². The van der Waals surface area contributed by atoms with Gasteiger partial charge in [0.1, 0.15) is 0 Å². The van der Waals surface area contributed by atoms with Crippen molar-refractivity contribution < 1.29 is 0 Å². The van der Waals surface area contributed by atoms with Gasteiger partial charge >= 0.3 is 0 Å². The number of benzene rings is 2. The van der Waals surface area contributed by atoms with E-state index in [0.717, 1.165) is 36.6 Å². The molecule has 2 aromatic carbocycles. The Morgan fingerprint density at radius 3 is 2.43 bits per heavy atom. The van der Waals surface area contributed by atoms with E-state index in [0.29, 0.717) is 6.04 Å². The van der Waals surface area contributed by atoms with E-state index >= 15 is 0 Å². The van der Waals surface area contributed by atoms with E-state index in [1.54, 1.807) is 0 Å². The molecule has 3 rings (SSSR count). The third-order valence-corrected chi connectivity index (χ3v) is 4.41. The average molecular weight is 301 g/mol. The van der Waals surface area contributed by atoms with E-state index < -0.39 is 0 Å². The summed E-state index contributed by atoms with van der Waals surface area (Å²) in [5, 5.41) is 4.41. The molecule has 0 atom stereocenters. The van der Waals surface area contributed by atoms with Crippen LogP contribution in [0.1, 0.15) is 18.4 Å². The van der Waals surface area contributed by atoms with E-state index in [1.807, 2.05) is 6.07 Å². The van der Waals surface area contributed by atoms with Crippen molar-refractivity contribution in [2.45, 2.75) is 25.8 Å². The highest BCUT2D eigenvalue weighted by molar-refractivity contribution is 6.33. The maximum absolute atomic E-state index is 6.30. The molecule has 1 heterocycles. The number of aryl methyl sites for hydroxylation is 1. The lowest BCUT2D eigenvalue weighted by Gasteiger charge is -2.34. The fourth-order valence-corrected chi connectivity index (χ4v) is 3.17. The van der Waals surface area contributed by atoms with Crippen LogP contribution in [0.25, 0.3) is 0 Å². The molecule has 1 saturated heterocycles. The van der Waals surface area contributed by atoms with Crippen molar-refractivity contribution in [3.05, 3.63) is 59.1 Å². The number of halogens is 1. The van der Waals surface area contributed by atoms with Crippen molar-refractivity contribution in [2.24, 2.45) is 0 Å². The minimum Gasteiger partial charge on any atom is -0.381 e. The molecule has 1 aliphatic rings. The first-order valence-electron chi connectivity index (χ1n) is 7.55. The van der Waals surface area contributed by atoms with Gasteiger partial charge in [-0.15, -0.1) is 0 Å². The molecule has 21 heavy (non-hydrogen) atoms. The third-order valence-electron chi connectivity index (χ3n) is 4.10. The van der Waals surface area contributed by atoms with Crippen molar-refractivity contribution in [1.29, 1.82) is 0 Å². The molecule has 110 valence electrons. The van der Waals surface area contributed by atoms with Gasteiger partial charge in [0.15, 0.2) is 0 Å². The lowest BCUT2D eigenvalue weighted by atomic mass is 10.0. The van der Waals surface area contributed by atoms with Crippen molar-refractivity contribution in [1.82, 2.24) is 0 Å². The zero-order valence-electron chi connectivity index (χ0n) is 12.3. The van der Waals surface area contributed by atoms with Gasteiger partial charge in [-0.3, -0.25) is 0 Å². The lowest BCUT2D eigenvalue weighted by Crippen LogP contribution is -2.39. The third kappa shape index (κ3) is 3.51. The lowest BCUT2D eigenvalue weighted by molar-refractivity contribution is 0.527. The Bertz CT molecular complexity index is 589. The summed E-state index contributed by atoms with van der Waals surface area (Å²) in [5.41, 5.74) is 3.58. The Hall–Kier alpha value is -1.67. The molecule has 1 aliphatic heterocycles. The first-order chi connectivity index (χ1) is 10.2. The molecule has 0 aromatic heterocycles. The number of nitrogens with zero attached hydrogens (tertiary/aromatic N) is 1. The average Bonchev–Trinajstić information content (AvgIpc) is 2.52. The van der Waals surface area contributed by atoms with Gasteiger partial charge in [-0.1, -0.05) is 35.9 Å². The molecule has 2 nitrogen and oxygen atoms in total. The van der Waals surface area contributed by atoms with Crippen molar-refractivity contribution in [3.63, 3.8) is 0 Å². The smallest absolute Gasteiger partial charge is 0.0640 e. The van der Waals surface area contributed by atoms with Gasteiger partial charge in [-0.25, -0.2) is 0 Å². The van der Waals surface area contributed by atoms with E-state index in [9.17, 15) is 0 Å². The minimum absolute atomic E-state index is 0.505. The number of hydrogen-bond donors (Lipinski definition) is 1. The quantitative estimate of drug-likeness (QED) is 0.881. The summed E-state index contributed by atoms with van der Waals surface area (Å²) in [7, 11) is 0. The normalized spacial score (nSPS) is 16.0. The molecule has 0 spiro atoms. The maximum Gasteiger partial charge on any atom is 0.0640 e. The van der Waals surface area contributed by atoms with Gasteiger partial charge < -0.3 is 10.2 Å². The summed E-state index contributed by atoms with van der Waals surface area (Å²) in [5.74, 6) is 0. The van der Waals surface area contributed by atoms with Crippen LogP contribution in [-0.4, -0.2) is 19.1 Å². The summed E-state index contributed by atoms with van der Waals surface area (Å²) in [6.07, 6.45) is 2.28. The Morgan fingerprint density at radius 1 is 1.05 bits per heavy atom. The highest BCUT2D eigenvalue weighted by Gasteiger charge is 2.19. The van der Waals surface area contributed by atoms with Crippen LogP contribution in [-0.2, 0) is 0 Å². The topological polar surface area (TPSA) is 15.3 Å². The summed E-state index contributed by atoms with van der Waals surface area (Å²) in [6.45, 7) is 4.24. The molecule has 1 fully saturated rings. The van der Waals surface area contributed by atoms with E-state index in [4.69, 9.17) is 11.6 Å². The van der Waals surface area contributed by atoms with Crippen LogP contribution in [0, 0.1) is 6.92 Å². The summed E-state index contributed by atoms with van der Waals surface area (Å²) in [4.78, 5) is 2.45. The second-order valence-corrected chi connectivity index (χ2v) is 6.13. The second-order valence-electron chi connectivity index (χ2n) is 5.72. The summed E-state index contributed by atoms with van der Waals surface area (Å²) < 4.78 is 0. The largest absolute Gasteiger partial charge is 0.381 e. The van der Waals surface area contributed by atoms with E-state index in [1.165, 1.54) is 11.3 Å². The van der Waals surface area contributed by atoms with E-state index in [-0.39, 0.29) is 0 Å². The zero-order valence-corrected chi connectivity index (χ0v) is 13.1. The minimum atomic E-state index is 0.505. The Kier molecular flexibility index (Phi) is 4.35. The number of nitrogens with one attached hydrogen (secondary N) is 1. The molecule has 0 radical (unpaired) electrons. The SMILES string of the molecule is Cc1ccc(NC2CCN(c3ccccc3)CC2)c(Cl)c1. The molecular weight excluding hydrogens is 280 g/mol. The molecule has 0 amide bonds. The highest BCUT2D eigenvalue weighted by Crippen LogP contribution is 2.26. The van der Waals surface area contributed by atoms with Crippen molar-refractivity contribution in [3.8, 4) is 0 Å². The van der Waals surface area contributed by atoms with Crippen LogP contribution in [0.4, 0.5) is 11.4 Å². The van der Waals surface area contributed by atoms with Gasteiger partial charge in [0, 0.05) is 24.8 Å². The Labute approximate surface area is 131 Å². The fraction of sp³-hybridized carbons (Fsp3) is 0.333. The van der Waals surface area contributed by atoms with Crippen LogP contribution in [0.2, 0.25) is 5.02 Å². The fourth-order valence-electron chi connectivity index (χ4n) is 2.88. The number of anilines is 2. The summed E-state index contributed by atoms with van der Waals surface area (Å²) >= 11 is 6.30. The predicted octanol–water partition coefficient (Wildman–Crippen LogP) is 4.73. The molecule has 0 bridgehead atoms. The van der Waals surface area contributed by atoms with Crippen LogP contribution < -0.4 is 10.2 Å². The van der Waals surface area contributed by atoms with Crippen LogP contribution in [0.15, 0.2) is 48.5 Å². The second kappa shape index (κ2) is 6.40. The van der Waals surface area contributed by atoms with Gasteiger partial charge in [0.05, 0.1) is 10.7 Å². The van der Waals surface area contributed by atoms with Gasteiger partial charge in [-0.05, 0) is 49.6 Å². The van der Waals surface area contributed by atoms with E-state index in [2.05, 4.69) is 59.6 Å². The maximum atomic E-state index is 6.30. The molecule has 0 unspecified atom stereocenters. The van der Waals surface area contributed by atoms with Crippen molar-refractivity contribution in [2.75, 3.05) is 23.3 Å². The van der Waals surface area contributed by atoms with Gasteiger partial charge in [0.2, 0.25) is 0 Å². The molecule has 0 aliphatic carbocycles. The predicted molar refractivity (Wildman–Crippen MR) is 91.5 cm³/mol. The zero-order chi connectivity index (χ0) is 14.7. The molecule has 0 saturated carbocycles. The standard InChI is InChI=1S/C18H21ClN2/c1-14-7-8-18(17(19)13-14)20-15-9-11-21(12-10-15)16-5-3-2-4-6-16/h2-8,13,15,20H,9-12H2,1H3. The monoisotopic (exact) mass is 300 g/mol. The molecule has 1 N–H and O–H groups in total. The van der Waals surface area contributed by atoms with Crippen LogP contribution >= 0.6 is 11.6 Å². The highest BCUT2D eigenvalue weighted by atomic mass is 35.5. The molecular formula is C18H21ClN2. The number of para-hydroxylation sites is 1. The Morgan fingerprint density at radius 2 is 1.76 bits per heavy atom. The summed E-state index contributed by atoms with van der Waals surface area (Å²) in [6, 6.07) is 17.4. The number of hydrogen-bond acceptors (Lipinski definition) is 2. The Balaban J connectivity index is 1.59. The van der Waals surface area contributed by atoms with Crippen molar-refractivity contribution >= 4 is 23.0 Å². The first kappa shape index (κ1) is 14.3. The van der Waals surface area contributed by atoms with Gasteiger partial charge in [-0.2, -0.15) is 0 Å². The molecule has 2 aromatic rings. The van der Waals surface area contributed by atoms with Crippen LogP contribution in [0.5, 0.6) is 0 Å². The molecule has 3 heteroatoms. The number of rotatable bonds is 3. The number of piperidine rings is 1.